The predicted molar refractivity (Wildman–Crippen MR) is 69.0 cm³/mol. The molecule has 3 nitrogen and oxygen atoms in total. The van der Waals surface area contributed by atoms with Crippen LogP contribution >= 0.6 is 0 Å². The highest BCUT2D eigenvalue weighted by atomic mass is 19.4. The van der Waals surface area contributed by atoms with Crippen molar-refractivity contribution in [3.8, 4) is 0 Å². The molecular weight excluding hydrogens is 257 g/mol. The first-order chi connectivity index (χ1) is 8.71. The van der Waals surface area contributed by atoms with E-state index in [0.29, 0.717) is 13.0 Å². The SMILES string of the molecule is CCNC(C)(CO)CC(C)N(CC(F)(F)F)C1CC1. The average Bonchev–Trinajstić information content (AvgIpc) is 3.08. The number of hydrogen-bond donors (Lipinski definition) is 2. The molecule has 0 aliphatic heterocycles. The summed E-state index contributed by atoms with van der Waals surface area (Å²) in [6, 6.07) is -0.147. The Hall–Kier alpha value is -0.330. The first-order valence-electron chi connectivity index (χ1n) is 6.89. The Morgan fingerprint density at radius 2 is 1.95 bits per heavy atom. The summed E-state index contributed by atoms with van der Waals surface area (Å²) in [5.41, 5.74) is -0.521. The van der Waals surface area contributed by atoms with Crippen LogP contribution in [0, 0.1) is 0 Å². The smallest absolute Gasteiger partial charge is 0.394 e. The van der Waals surface area contributed by atoms with E-state index in [9.17, 15) is 18.3 Å². The standard InChI is InChI=1S/C13H25F3N2O/c1-4-17-12(3,9-19)7-10(2)18(11-5-6-11)8-13(14,15)16/h10-11,17,19H,4-9H2,1-3H3. The van der Waals surface area contributed by atoms with Crippen molar-refractivity contribution in [3.05, 3.63) is 0 Å². The third kappa shape index (κ3) is 5.67. The minimum absolute atomic E-state index is 0.0567. The van der Waals surface area contributed by atoms with Gasteiger partial charge in [0.2, 0.25) is 0 Å². The lowest BCUT2D eigenvalue weighted by atomic mass is 9.93. The molecule has 114 valence electrons. The Balaban J connectivity index is 2.63. The van der Waals surface area contributed by atoms with Crippen LogP contribution in [0.15, 0.2) is 0 Å². The average molecular weight is 282 g/mol. The Bertz CT molecular complexity index is 282. The second-order valence-electron chi connectivity index (χ2n) is 5.82. The van der Waals surface area contributed by atoms with Gasteiger partial charge < -0.3 is 10.4 Å². The highest BCUT2D eigenvalue weighted by Crippen LogP contribution is 2.33. The summed E-state index contributed by atoms with van der Waals surface area (Å²) < 4.78 is 37.8. The van der Waals surface area contributed by atoms with E-state index in [1.54, 1.807) is 0 Å². The quantitative estimate of drug-likeness (QED) is 0.716. The van der Waals surface area contributed by atoms with Gasteiger partial charge in [0.05, 0.1) is 13.2 Å². The minimum atomic E-state index is -4.16. The molecule has 0 spiro atoms. The van der Waals surface area contributed by atoms with E-state index in [0.717, 1.165) is 12.8 Å². The van der Waals surface area contributed by atoms with Gasteiger partial charge in [-0.1, -0.05) is 6.92 Å². The maximum Gasteiger partial charge on any atom is 0.401 e. The Kier molecular flexibility index (Phi) is 5.65. The third-order valence-corrected chi connectivity index (χ3v) is 3.64. The van der Waals surface area contributed by atoms with Crippen molar-refractivity contribution in [2.45, 2.75) is 63.8 Å². The molecule has 0 radical (unpaired) electrons. The summed E-state index contributed by atoms with van der Waals surface area (Å²) in [4.78, 5) is 1.53. The fourth-order valence-corrected chi connectivity index (χ4v) is 2.65. The van der Waals surface area contributed by atoms with E-state index in [2.05, 4.69) is 5.32 Å². The molecule has 1 rings (SSSR count). The minimum Gasteiger partial charge on any atom is -0.394 e. The molecule has 1 saturated carbocycles. The van der Waals surface area contributed by atoms with Crippen molar-refractivity contribution in [1.29, 1.82) is 0 Å². The number of hydrogen-bond acceptors (Lipinski definition) is 3. The Morgan fingerprint density at radius 1 is 1.37 bits per heavy atom. The molecule has 1 fully saturated rings. The van der Waals surface area contributed by atoms with Gasteiger partial charge in [0.25, 0.3) is 0 Å². The summed E-state index contributed by atoms with van der Waals surface area (Å²) in [7, 11) is 0. The van der Waals surface area contributed by atoms with E-state index >= 15 is 0 Å². The summed E-state index contributed by atoms with van der Waals surface area (Å²) in [5.74, 6) is 0. The molecule has 6 heteroatoms. The van der Waals surface area contributed by atoms with E-state index in [4.69, 9.17) is 0 Å². The molecule has 0 amide bonds. The summed E-state index contributed by atoms with van der Waals surface area (Å²) >= 11 is 0. The Labute approximate surface area is 113 Å². The number of aliphatic hydroxyl groups is 1. The molecule has 0 heterocycles. The highest BCUT2D eigenvalue weighted by Gasteiger charge is 2.41. The lowest BCUT2D eigenvalue weighted by molar-refractivity contribution is -0.152. The molecule has 0 aromatic heterocycles. The van der Waals surface area contributed by atoms with Crippen LogP contribution in [0.4, 0.5) is 13.2 Å². The molecule has 1 aliphatic carbocycles. The summed E-state index contributed by atoms with van der Waals surface area (Å²) in [5, 5.41) is 12.6. The molecule has 2 unspecified atom stereocenters. The molecular formula is C13H25F3N2O. The van der Waals surface area contributed by atoms with Gasteiger partial charge >= 0.3 is 6.18 Å². The van der Waals surface area contributed by atoms with Crippen molar-refractivity contribution in [2.75, 3.05) is 19.7 Å². The fraction of sp³-hybridized carbons (Fsp3) is 1.00. The van der Waals surface area contributed by atoms with Crippen molar-refractivity contribution < 1.29 is 18.3 Å². The van der Waals surface area contributed by atoms with Crippen LogP contribution in [0.3, 0.4) is 0 Å². The molecule has 0 bridgehead atoms. The number of nitrogens with zero attached hydrogens (tertiary/aromatic N) is 1. The highest BCUT2D eigenvalue weighted by molar-refractivity contribution is 4.93. The van der Waals surface area contributed by atoms with Gasteiger partial charge in [0, 0.05) is 17.6 Å². The van der Waals surface area contributed by atoms with Gasteiger partial charge in [-0.3, -0.25) is 4.90 Å². The van der Waals surface area contributed by atoms with Gasteiger partial charge in [-0.2, -0.15) is 13.2 Å². The lowest BCUT2D eigenvalue weighted by Gasteiger charge is -2.37. The molecule has 19 heavy (non-hydrogen) atoms. The van der Waals surface area contributed by atoms with Gasteiger partial charge in [0.1, 0.15) is 0 Å². The first kappa shape index (κ1) is 16.7. The number of halogens is 3. The molecule has 1 aliphatic rings. The number of aliphatic hydroxyl groups excluding tert-OH is 1. The molecule has 0 saturated heterocycles. The Morgan fingerprint density at radius 3 is 2.32 bits per heavy atom. The largest absolute Gasteiger partial charge is 0.401 e. The monoisotopic (exact) mass is 282 g/mol. The van der Waals surface area contributed by atoms with Crippen LogP contribution in [-0.4, -0.2) is 53.5 Å². The van der Waals surface area contributed by atoms with Crippen LogP contribution in [0.1, 0.15) is 40.0 Å². The van der Waals surface area contributed by atoms with Gasteiger partial charge in [0.15, 0.2) is 0 Å². The zero-order valence-corrected chi connectivity index (χ0v) is 11.9. The zero-order valence-electron chi connectivity index (χ0n) is 11.9. The van der Waals surface area contributed by atoms with E-state index in [1.165, 1.54) is 4.90 Å². The third-order valence-electron chi connectivity index (χ3n) is 3.64. The van der Waals surface area contributed by atoms with Gasteiger partial charge in [-0.05, 0) is 39.7 Å². The topological polar surface area (TPSA) is 35.5 Å². The predicted octanol–water partition coefficient (Wildman–Crippen LogP) is 2.15. The summed E-state index contributed by atoms with van der Waals surface area (Å²) in [6.45, 7) is 5.35. The van der Waals surface area contributed by atoms with Crippen LogP contribution in [0.2, 0.25) is 0 Å². The van der Waals surface area contributed by atoms with Gasteiger partial charge in [-0.15, -0.1) is 0 Å². The number of alkyl halides is 3. The molecule has 2 N–H and O–H groups in total. The maximum atomic E-state index is 12.6. The molecule has 0 aromatic rings. The zero-order chi connectivity index (χ0) is 14.7. The van der Waals surface area contributed by atoms with Crippen LogP contribution in [-0.2, 0) is 0 Å². The number of likely N-dealkylation sites (N-methyl/N-ethyl adjacent to an activating group) is 1. The van der Waals surface area contributed by atoms with Crippen LogP contribution in [0.25, 0.3) is 0 Å². The van der Waals surface area contributed by atoms with Crippen LogP contribution in [0.5, 0.6) is 0 Å². The van der Waals surface area contributed by atoms with E-state index in [-0.39, 0.29) is 18.7 Å². The normalized spacial score (nSPS) is 21.5. The van der Waals surface area contributed by atoms with E-state index < -0.39 is 18.3 Å². The number of rotatable bonds is 8. The number of nitrogens with one attached hydrogen (secondary N) is 1. The van der Waals surface area contributed by atoms with Crippen molar-refractivity contribution >= 4 is 0 Å². The molecule has 2 atom stereocenters. The van der Waals surface area contributed by atoms with Gasteiger partial charge in [-0.25, -0.2) is 0 Å². The maximum absolute atomic E-state index is 12.6. The van der Waals surface area contributed by atoms with Crippen molar-refractivity contribution in [1.82, 2.24) is 10.2 Å². The van der Waals surface area contributed by atoms with Crippen molar-refractivity contribution in [2.24, 2.45) is 0 Å². The van der Waals surface area contributed by atoms with Crippen LogP contribution < -0.4 is 5.32 Å². The second kappa shape index (κ2) is 6.41. The molecule has 0 aromatic carbocycles. The second-order valence-corrected chi connectivity index (χ2v) is 5.82. The fourth-order valence-electron chi connectivity index (χ4n) is 2.65. The lowest BCUT2D eigenvalue weighted by Crippen LogP contribution is -2.52. The summed E-state index contributed by atoms with van der Waals surface area (Å²) in [6.07, 6.45) is -1.97. The van der Waals surface area contributed by atoms with Crippen molar-refractivity contribution in [3.63, 3.8) is 0 Å². The first-order valence-corrected chi connectivity index (χ1v) is 6.89. The van der Waals surface area contributed by atoms with E-state index in [1.807, 2.05) is 20.8 Å².